The molecule has 2 aliphatic heterocycles. The van der Waals surface area contributed by atoms with Gasteiger partial charge in [-0.15, -0.1) is 0 Å². The quantitative estimate of drug-likeness (QED) is 0.711. The highest BCUT2D eigenvalue weighted by Gasteiger charge is 2.46. The fourth-order valence-corrected chi connectivity index (χ4v) is 4.22. The van der Waals surface area contributed by atoms with Crippen LogP contribution in [0.3, 0.4) is 0 Å². The molecule has 5 rings (SSSR count). The summed E-state index contributed by atoms with van der Waals surface area (Å²) in [4.78, 5) is 29.0. The third-order valence-electron chi connectivity index (χ3n) is 6.12. The molecule has 2 amide bonds. The van der Waals surface area contributed by atoms with Crippen molar-refractivity contribution < 1.29 is 23.5 Å². The van der Waals surface area contributed by atoms with Crippen LogP contribution >= 0.6 is 0 Å². The number of ether oxygens (including phenoxy) is 2. The second-order valence-corrected chi connectivity index (χ2v) is 8.10. The SMILES string of the molecule is O=C(/C=C/c1ccc2c(c1)OCO2)N1CCN(C(=O)[C@H]2C[C@H]2c2ccc(F)cc2)CC1. The van der Waals surface area contributed by atoms with Gasteiger partial charge in [0.2, 0.25) is 18.6 Å². The average Bonchev–Trinajstić information content (AvgIpc) is 3.46. The van der Waals surface area contributed by atoms with Crippen LogP contribution in [-0.2, 0) is 9.59 Å². The first-order chi connectivity index (χ1) is 15.1. The van der Waals surface area contributed by atoms with E-state index < -0.39 is 0 Å². The Balaban J connectivity index is 1.12. The van der Waals surface area contributed by atoms with Gasteiger partial charge in [-0.05, 0) is 53.8 Å². The Morgan fingerprint density at radius 2 is 1.65 bits per heavy atom. The smallest absolute Gasteiger partial charge is 0.246 e. The fraction of sp³-hybridized carbons (Fsp3) is 0.333. The number of carbonyl (C=O) groups is 2. The number of amides is 2. The zero-order chi connectivity index (χ0) is 21.4. The van der Waals surface area contributed by atoms with E-state index >= 15 is 0 Å². The van der Waals surface area contributed by atoms with Gasteiger partial charge in [0.15, 0.2) is 11.5 Å². The zero-order valence-electron chi connectivity index (χ0n) is 17.0. The van der Waals surface area contributed by atoms with Gasteiger partial charge in [0, 0.05) is 38.2 Å². The molecule has 0 bridgehead atoms. The monoisotopic (exact) mass is 422 g/mol. The van der Waals surface area contributed by atoms with Crippen LogP contribution in [0.2, 0.25) is 0 Å². The van der Waals surface area contributed by atoms with Crippen molar-refractivity contribution >= 4 is 17.9 Å². The highest BCUT2D eigenvalue weighted by atomic mass is 19.1. The van der Waals surface area contributed by atoms with Gasteiger partial charge in [-0.25, -0.2) is 4.39 Å². The molecule has 0 N–H and O–H groups in total. The van der Waals surface area contributed by atoms with Crippen LogP contribution in [0.5, 0.6) is 11.5 Å². The summed E-state index contributed by atoms with van der Waals surface area (Å²) in [5.74, 6) is 1.34. The summed E-state index contributed by atoms with van der Waals surface area (Å²) in [7, 11) is 0. The summed E-state index contributed by atoms with van der Waals surface area (Å²) in [6, 6.07) is 11.9. The molecule has 2 aromatic rings. The predicted octanol–water partition coefficient (Wildman–Crippen LogP) is 3.04. The van der Waals surface area contributed by atoms with Gasteiger partial charge in [0.05, 0.1) is 0 Å². The molecular weight excluding hydrogens is 399 g/mol. The fourth-order valence-electron chi connectivity index (χ4n) is 4.22. The number of hydrogen-bond donors (Lipinski definition) is 0. The van der Waals surface area contributed by atoms with E-state index in [4.69, 9.17) is 9.47 Å². The second kappa shape index (κ2) is 8.06. The minimum absolute atomic E-state index is 0.0291. The van der Waals surface area contributed by atoms with Crippen molar-refractivity contribution in [3.63, 3.8) is 0 Å². The number of fused-ring (bicyclic) bond motifs is 1. The van der Waals surface area contributed by atoms with Crippen LogP contribution < -0.4 is 9.47 Å². The Kier molecular flexibility index (Phi) is 5.10. The van der Waals surface area contributed by atoms with Gasteiger partial charge in [0.25, 0.3) is 0 Å². The first kappa shape index (κ1) is 19.6. The van der Waals surface area contributed by atoms with Crippen LogP contribution in [0, 0.1) is 11.7 Å². The Bertz CT molecular complexity index is 1030. The molecule has 1 saturated carbocycles. The molecule has 0 radical (unpaired) electrons. The summed E-state index contributed by atoms with van der Waals surface area (Å²) in [5, 5.41) is 0. The first-order valence-electron chi connectivity index (χ1n) is 10.5. The Morgan fingerprint density at radius 1 is 0.935 bits per heavy atom. The van der Waals surface area contributed by atoms with E-state index in [1.54, 1.807) is 29.2 Å². The van der Waals surface area contributed by atoms with Gasteiger partial charge in [-0.2, -0.15) is 0 Å². The molecule has 3 aliphatic rings. The van der Waals surface area contributed by atoms with Crippen molar-refractivity contribution in [2.75, 3.05) is 33.0 Å². The third-order valence-corrected chi connectivity index (χ3v) is 6.12. The lowest BCUT2D eigenvalue weighted by molar-refractivity contribution is -0.138. The van der Waals surface area contributed by atoms with E-state index in [2.05, 4.69) is 0 Å². The molecule has 6 nitrogen and oxygen atoms in total. The predicted molar refractivity (Wildman–Crippen MR) is 112 cm³/mol. The van der Waals surface area contributed by atoms with Crippen molar-refractivity contribution in [2.45, 2.75) is 12.3 Å². The highest BCUT2D eigenvalue weighted by molar-refractivity contribution is 5.92. The van der Waals surface area contributed by atoms with Gasteiger partial charge in [-0.3, -0.25) is 9.59 Å². The molecule has 0 unspecified atom stereocenters. The molecule has 7 heteroatoms. The molecule has 1 saturated heterocycles. The van der Waals surface area contributed by atoms with Gasteiger partial charge in [0.1, 0.15) is 5.82 Å². The van der Waals surface area contributed by atoms with Crippen LogP contribution in [0.15, 0.2) is 48.5 Å². The lowest BCUT2D eigenvalue weighted by Gasteiger charge is -2.34. The van der Waals surface area contributed by atoms with Crippen molar-refractivity contribution in [3.8, 4) is 11.5 Å². The summed E-state index contributed by atoms with van der Waals surface area (Å²) in [6.07, 6.45) is 4.13. The molecule has 2 fully saturated rings. The molecule has 2 heterocycles. The van der Waals surface area contributed by atoms with E-state index in [1.165, 1.54) is 12.1 Å². The molecule has 31 heavy (non-hydrogen) atoms. The highest BCUT2D eigenvalue weighted by Crippen LogP contribution is 2.48. The molecular formula is C24H23FN2O4. The molecule has 2 atom stereocenters. The minimum Gasteiger partial charge on any atom is -0.454 e. The van der Waals surface area contributed by atoms with Gasteiger partial charge >= 0.3 is 0 Å². The van der Waals surface area contributed by atoms with E-state index in [9.17, 15) is 14.0 Å². The first-order valence-corrected chi connectivity index (χ1v) is 10.5. The van der Waals surface area contributed by atoms with Crippen LogP contribution in [0.25, 0.3) is 6.08 Å². The summed E-state index contributed by atoms with van der Waals surface area (Å²) in [5.41, 5.74) is 1.88. The minimum atomic E-state index is -0.263. The van der Waals surface area contributed by atoms with Gasteiger partial charge < -0.3 is 19.3 Å². The largest absolute Gasteiger partial charge is 0.454 e. The number of halogens is 1. The molecule has 0 aromatic heterocycles. The van der Waals surface area contributed by atoms with Crippen LogP contribution in [0.4, 0.5) is 4.39 Å². The number of rotatable bonds is 4. The molecule has 1 aliphatic carbocycles. The Hall–Kier alpha value is -3.35. The number of nitrogens with zero attached hydrogens (tertiary/aromatic N) is 2. The Morgan fingerprint density at radius 3 is 2.42 bits per heavy atom. The lowest BCUT2D eigenvalue weighted by atomic mass is 10.1. The van der Waals surface area contributed by atoms with E-state index in [0.29, 0.717) is 37.7 Å². The van der Waals surface area contributed by atoms with Crippen molar-refractivity contribution in [3.05, 3.63) is 65.5 Å². The lowest BCUT2D eigenvalue weighted by Crippen LogP contribution is -2.50. The Labute approximate surface area is 179 Å². The number of carbonyl (C=O) groups excluding carboxylic acids is 2. The summed E-state index contributed by atoms with van der Waals surface area (Å²) >= 11 is 0. The maximum absolute atomic E-state index is 13.1. The van der Waals surface area contributed by atoms with Crippen LogP contribution in [-0.4, -0.2) is 54.6 Å². The standard InChI is InChI=1S/C24H23FN2O4/c25-18-5-3-17(4-6-18)19-14-20(19)24(29)27-11-9-26(10-12-27)23(28)8-2-16-1-7-21-22(13-16)31-15-30-21/h1-8,13,19-20H,9-12,14-15H2/b8-2+/t19-,20-/m0/s1. The van der Waals surface area contributed by atoms with E-state index in [0.717, 1.165) is 17.5 Å². The van der Waals surface area contributed by atoms with E-state index in [1.807, 2.05) is 23.1 Å². The second-order valence-electron chi connectivity index (χ2n) is 8.10. The maximum Gasteiger partial charge on any atom is 0.246 e. The molecule has 0 spiro atoms. The summed E-state index contributed by atoms with van der Waals surface area (Å²) < 4.78 is 23.7. The molecule has 160 valence electrons. The number of piperazine rings is 1. The normalized spacial score (nSPS) is 22.1. The third kappa shape index (κ3) is 4.13. The van der Waals surface area contributed by atoms with Crippen molar-refractivity contribution in [1.29, 1.82) is 0 Å². The van der Waals surface area contributed by atoms with Gasteiger partial charge in [-0.1, -0.05) is 18.2 Å². The van der Waals surface area contributed by atoms with Crippen molar-refractivity contribution in [1.82, 2.24) is 9.80 Å². The van der Waals surface area contributed by atoms with Crippen LogP contribution in [0.1, 0.15) is 23.5 Å². The number of benzene rings is 2. The van der Waals surface area contributed by atoms with Crippen molar-refractivity contribution in [2.24, 2.45) is 5.92 Å². The van der Waals surface area contributed by atoms with E-state index in [-0.39, 0.29) is 36.3 Å². The average molecular weight is 422 g/mol. The zero-order valence-corrected chi connectivity index (χ0v) is 17.0. The topological polar surface area (TPSA) is 59.1 Å². The number of hydrogen-bond acceptors (Lipinski definition) is 4. The molecule has 2 aromatic carbocycles. The summed E-state index contributed by atoms with van der Waals surface area (Å²) in [6.45, 7) is 2.33. The maximum atomic E-state index is 13.1.